The molecule has 2 aromatic heterocycles. The molecule has 1 amide bonds. The number of hydrogen-bond acceptors (Lipinski definition) is 6. The number of likely N-dealkylation sites (tertiary alicyclic amines) is 1. The summed E-state index contributed by atoms with van der Waals surface area (Å²) in [5.74, 6) is 0.549. The van der Waals surface area contributed by atoms with Crippen LogP contribution in [0.2, 0.25) is 10.3 Å². The molecule has 9 heteroatoms. The van der Waals surface area contributed by atoms with Gasteiger partial charge in [-0.1, -0.05) is 18.5 Å². The second-order valence-electron chi connectivity index (χ2n) is 7.70. The average Bonchev–Trinajstić information content (AvgIpc) is 3.05. The number of carbonyl (C=O) groups excluding carboxylic acids is 1. The fourth-order valence-corrected chi connectivity index (χ4v) is 4.66. The van der Waals surface area contributed by atoms with Gasteiger partial charge in [-0.2, -0.15) is 0 Å². The van der Waals surface area contributed by atoms with Crippen molar-refractivity contribution in [2.75, 3.05) is 13.1 Å². The predicted octanol–water partition coefficient (Wildman–Crippen LogP) is 5.27. The number of halogens is 2. The Morgan fingerprint density at radius 1 is 1.30 bits per heavy atom. The number of thiazole rings is 1. The van der Waals surface area contributed by atoms with Crippen LogP contribution < -0.4 is 0 Å². The summed E-state index contributed by atoms with van der Waals surface area (Å²) in [6, 6.07) is 0. The van der Waals surface area contributed by atoms with Crippen molar-refractivity contribution in [2.45, 2.75) is 45.6 Å². The van der Waals surface area contributed by atoms with Crippen LogP contribution >= 0.6 is 34.5 Å². The summed E-state index contributed by atoms with van der Waals surface area (Å²) in [6.45, 7) is 9.07. The molecule has 2 aromatic rings. The Labute approximate surface area is 172 Å². The van der Waals surface area contributed by atoms with Crippen molar-refractivity contribution in [1.29, 1.82) is 0 Å². The Balaban J connectivity index is 1.71. The molecule has 0 saturated carbocycles. The molecule has 1 fully saturated rings. The zero-order valence-electron chi connectivity index (χ0n) is 15.7. The van der Waals surface area contributed by atoms with E-state index in [2.05, 4.69) is 21.9 Å². The fourth-order valence-electron chi connectivity index (χ4n) is 3.09. The third kappa shape index (κ3) is 4.89. The quantitative estimate of drug-likeness (QED) is 0.609. The van der Waals surface area contributed by atoms with Gasteiger partial charge in [0.1, 0.15) is 11.3 Å². The highest BCUT2D eigenvalue weighted by Gasteiger charge is 2.33. The van der Waals surface area contributed by atoms with Gasteiger partial charge in [-0.3, -0.25) is 0 Å². The fraction of sp³-hybridized carbons (Fsp3) is 0.556. The molecule has 27 heavy (non-hydrogen) atoms. The molecule has 6 nitrogen and oxygen atoms in total. The van der Waals surface area contributed by atoms with Gasteiger partial charge in [0.25, 0.3) is 0 Å². The van der Waals surface area contributed by atoms with Crippen LogP contribution in [0.3, 0.4) is 0 Å². The van der Waals surface area contributed by atoms with E-state index in [0.717, 1.165) is 16.3 Å². The van der Waals surface area contributed by atoms with E-state index < -0.39 is 5.60 Å². The number of piperidine rings is 1. The first-order valence-electron chi connectivity index (χ1n) is 8.76. The maximum atomic E-state index is 12.3. The molecule has 0 aliphatic carbocycles. The van der Waals surface area contributed by atoms with Crippen molar-refractivity contribution in [1.82, 2.24) is 19.9 Å². The molecule has 1 aliphatic heterocycles. The Hall–Kier alpha value is -1.44. The van der Waals surface area contributed by atoms with Gasteiger partial charge in [-0.25, -0.2) is 19.7 Å². The minimum Gasteiger partial charge on any atom is -0.444 e. The van der Waals surface area contributed by atoms with Crippen LogP contribution in [0.15, 0.2) is 12.4 Å². The number of nitrogens with zero attached hydrogens (tertiary/aromatic N) is 4. The second-order valence-corrected chi connectivity index (χ2v) is 9.50. The lowest BCUT2D eigenvalue weighted by Crippen LogP contribution is -2.44. The Morgan fingerprint density at radius 2 is 2.04 bits per heavy atom. The normalized spacial score (nSPS) is 20.6. The molecule has 3 rings (SSSR count). The standard InChI is InChI=1S/C18H22Cl2N4O2S/c1-10-9-24(17(25)26-18(2,3)4)6-5-11(10)15-21-8-13(27-15)14-12(19)7-22-16(20)23-14/h7-8,10-11H,5-6,9H2,1-4H3. The first-order chi connectivity index (χ1) is 12.6. The molecule has 0 radical (unpaired) electrons. The van der Waals surface area contributed by atoms with Gasteiger partial charge in [-0.15, -0.1) is 11.3 Å². The first-order valence-corrected chi connectivity index (χ1v) is 10.3. The van der Waals surface area contributed by atoms with Crippen molar-refractivity contribution in [3.05, 3.63) is 27.7 Å². The summed E-state index contributed by atoms with van der Waals surface area (Å²) in [7, 11) is 0. The molecule has 146 valence electrons. The molecule has 1 aliphatic rings. The summed E-state index contributed by atoms with van der Waals surface area (Å²) in [6.07, 6.45) is 3.85. The van der Waals surface area contributed by atoms with Crippen LogP contribution in [0.4, 0.5) is 4.79 Å². The third-order valence-electron chi connectivity index (χ3n) is 4.35. The molecule has 0 bridgehead atoms. The maximum absolute atomic E-state index is 12.3. The molecule has 0 N–H and O–H groups in total. The number of ether oxygens (including phenoxy) is 1. The molecule has 3 heterocycles. The van der Waals surface area contributed by atoms with Crippen LogP contribution in [0.25, 0.3) is 10.6 Å². The van der Waals surface area contributed by atoms with Crippen LogP contribution in [-0.4, -0.2) is 44.6 Å². The van der Waals surface area contributed by atoms with Crippen LogP contribution in [0.1, 0.15) is 45.0 Å². The van der Waals surface area contributed by atoms with Crippen molar-refractivity contribution in [3.8, 4) is 10.6 Å². The summed E-state index contributed by atoms with van der Waals surface area (Å²) >= 11 is 13.6. The number of hydrogen-bond donors (Lipinski definition) is 0. The highest BCUT2D eigenvalue weighted by molar-refractivity contribution is 7.15. The van der Waals surface area contributed by atoms with E-state index in [4.69, 9.17) is 27.9 Å². The van der Waals surface area contributed by atoms with Crippen molar-refractivity contribution in [2.24, 2.45) is 5.92 Å². The molecule has 0 aromatic carbocycles. The van der Waals surface area contributed by atoms with E-state index >= 15 is 0 Å². The maximum Gasteiger partial charge on any atom is 0.410 e. The second kappa shape index (κ2) is 7.89. The number of carbonyl (C=O) groups is 1. The number of rotatable bonds is 2. The lowest BCUT2D eigenvalue weighted by Gasteiger charge is -2.36. The van der Waals surface area contributed by atoms with Crippen LogP contribution in [-0.2, 0) is 4.74 Å². The molecule has 2 atom stereocenters. The third-order valence-corrected chi connectivity index (χ3v) is 5.94. The zero-order chi connectivity index (χ0) is 19.8. The van der Waals surface area contributed by atoms with Gasteiger partial charge in [-0.05, 0) is 44.7 Å². The summed E-state index contributed by atoms with van der Waals surface area (Å²) < 4.78 is 5.49. The topological polar surface area (TPSA) is 68.2 Å². The van der Waals surface area contributed by atoms with Gasteiger partial charge in [0.2, 0.25) is 5.28 Å². The lowest BCUT2D eigenvalue weighted by atomic mass is 9.87. The van der Waals surface area contributed by atoms with Crippen LogP contribution in [0.5, 0.6) is 0 Å². The highest BCUT2D eigenvalue weighted by Crippen LogP contribution is 2.39. The van der Waals surface area contributed by atoms with E-state index in [1.807, 2.05) is 20.8 Å². The van der Waals surface area contributed by atoms with Gasteiger partial charge >= 0.3 is 6.09 Å². The van der Waals surface area contributed by atoms with E-state index in [-0.39, 0.29) is 23.2 Å². The minimum absolute atomic E-state index is 0.156. The Kier molecular flexibility index (Phi) is 5.93. The Morgan fingerprint density at radius 3 is 2.70 bits per heavy atom. The zero-order valence-corrected chi connectivity index (χ0v) is 18.0. The van der Waals surface area contributed by atoms with Crippen molar-refractivity contribution < 1.29 is 9.53 Å². The largest absolute Gasteiger partial charge is 0.444 e. The van der Waals surface area contributed by atoms with Crippen LogP contribution in [0, 0.1) is 5.92 Å². The molecular formula is C18H22Cl2N4O2S. The predicted molar refractivity (Wildman–Crippen MR) is 107 cm³/mol. The van der Waals surface area contributed by atoms with Gasteiger partial charge in [0, 0.05) is 25.2 Å². The smallest absolute Gasteiger partial charge is 0.410 e. The number of aromatic nitrogens is 3. The Bertz CT molecular complexity index is 837. The van der Waals surface area contributed by atoms with E-state index in [0.29, 0.717) is 23.8 Å². The molecule has 2 unspecified atom stereocenters. The number of amides is 1. The summed E-state index contributed by atoms with van der Waals surface area (Å²) in [5, 5.41) is 1.62. The molecular weight excluding hydrogens is 407 g/mol. The van der Waals surface area contributed by atoms with E-state index in [1.54, 1.807) is 22.4 Å². The van der Waals surface area contributed by atoms with Crippen molar-refractivity contribution >= 4 is 40.6 Å². The summed E-state index contributed by atoms with van der Waals surface area (Å²) in [4.78, 5) is 27.6. The van der Waals surface area contributed by atoms with E-state index in [9.17, 15) is 4.79 Å². The SMILES string of the molecule is CC1CN(C(=O)OC(C)(C)C)CCC1c1ncc(-c2nc(Cl)ncc2Cl)s1. The molecule has 0 spiro atoms. The average molecular weight is 429 g/mol. The first kappa shape index (κ1) is 20.3. The molecule has 1 saturated heterocycles. The highest BCUT2D eigenvalue weighted by atomic mass is 35.5. The van der Waals surface area contributed by atoms with Crippen molar-refractivity contribution in [3.63, 3.8) is 0 Å². The van der Waals surface area contributed by atoms with E-state index in [1.165, 1.54) is 6.20 Å². The lowest BCUT2D eigenvalue weighted by molar-refractivity contribution is 0.0155. The van der Waals surface area contributed by atoms with Gasteiger partial charge in [0.05, 0.1) is 21.1 Å². The minimum atomic E-state index is -0.487. The summed E-state index contributed by atoms with van der Waals surface area (Å²) in [5.41, 5.74) is 0.110. The van der Waals surface area contributed by atoms with Gasteiger partial charge in [0.15, 0.2) is 0 Å². The monoisotopic (exact) mass is 428 g/mol. The van der Waals surface area contributed by atoms with Gasteiger partial charge < -0.3 is 9.64 Å².